The summed E-state index contributed by atoms with van der Waals surface area (Å²) in [5.74, 6) is 2.42. The van der Waals surface area contributed by atoms with Gasteiger partial charge in [-0.25, -0.2) is 0 Å². The van der Waals surface area contributed by atoms with Crippen LogP contribution in [0.4, 0.5) is 0 Å². The highest BCUT2D eigenvalue weighted by Crippen LogP contribution is 2.42. The molecular formula is C14H19NO. The van der Waals surface area contributed by atoms with Crippen LogP contribution in [0, 0.1) is 5.92 Å². The van der Waals surface area contributed by atoms with E-state index in [1.165, 1.54) is 31.2 Å². The van der Waals surface area contributed by atoms with Crippen LogP contribution < -0.4 is 10.5 Å². The van der Waals surface area contributed by atoms with Crippen molar-refractivity contribution in [3.05, 3.63) is 29.8 Å². The average molecular weight is 217 g/mol. The van der Waals surface area contributed by atoms with Crippen molar-refractivity contribution in [3.8, 4) is 5.75 Å². The number of hydrogen-bond acceptors (Lipinski definition) is 2. The van der Waals surface area contributed by atoms with Crippen LogP contribution in [0.25, 0.3) is 0 Å². The third-order valence-electron chi connectivity index (χ3n) is 3.86. The molecule has 2 fully saturated rings. The second-order valence-electron chi connectivity index (χ2n) is 5.07. The molecule has 2 atom stereocenters. The van der Waals surface area contributed by atoms with Gasteiger partial charge in [-0.05, 0) is 61.8 Å². The first-order valence-electron chi connectivity index (χ1n) is 6.33. The maximum Gasteiger partial charge on any atom is 0.119 e. The molecule has 16 heavy (non-hydrogen) atoms. The van der Waals surface area contributed by atoms with Crippen LogP contribution in [0.2, 0.25) is 0 Å². The summed E-state index contributed by atoms with van der Waals surface area (Å²) in [5.41, 5.74) is 7.18. The molecule has 2 saturated carbocycles. The van der Waals surface area contributed by atoms with E-state index in [9.17, 15) is 0 Å². The molecule has 0 aromatic heterocycles. The van der Waals surface area contributed by atoms with Gasteiger partial charge in [-0.3, -0.25) is 0 Å². The lowest BCUT2D eigenvalue weighted by Gasteiger charge is -2.36. The Morgan fingerprint density at radius 3 is 2.31 bits per heavy atom. The molecule has 2 aliphatic rings. The zero-order valence-electron chi connectivity index (χ0n) is 9.56. The summed E-state index contributed by atoms with van der Waals surface area (Å²) >= 11 is 0. The van der Waals surface area contributed by atoms with E-state index in [4.69, 9.17) is 10.5 Å². The monoisotopic (exact) mass is 217 g/mol. The Labute approximate surface area is 96.8 Å². The number of hydrogen-bond donors (Lipinski definition) is 1. The number of nitrogens with two attached hydrogens (primary N) is 1. The number of rotatable bonds is 4. The van der Waals surface area contributed by atoms with Crippen LogP contribution in [0.15, 0.2) is 24.3 Å². The fourth-order valence-electron chi connectivity index (χ4n) is 2.46. The lowest BCUT2D eigenvalue weighted by Crippen LogP contribution is -2.30. The quantitative estimate of drug-likeness (QED) is 0.841. The van der Waals surface area contributed by atoms with Gasteiger partial charge in [-0.1, -0.05) is 12.1 Å². The lowest BCUT2D eigenvalue weighted by molar-refractivity contribution is 0.263. The van der Waals surface area contributed by atoms with Crippen molar-refractivity contribution in [2.75, 3.05) is 6.54 Å². The van der Waals surface area contributed by atoms with E-state index >= 15 is 0 Å². The molecule has 1 aromatic rings. The molecule has 0 bridgehead atoms. The number of ether oxygens (including phenoxy) is 1. The van der Waals surface area contributed by atoms with Gasteiger partial charge >= 0.3 is 0 Å². The Kier molecular flexibility index (Phi) is 2.60. The molecule has 2 heteroatoms. The normalized spacial score (nSPS) is 28.6. The minimum absolute atomic E-state index is 0.492. The van der Waals surface area contributed by atoms with E-state index in [0.29, 0.717) is 17.9 Å². The Hall–Kier alpha value is -1.02. The van der Waals surface area contributed by atoms with Crippen LogP contribution in [-0.4, -0.2) is 12.6 Å². The molecule has 0 aliphatic heterocycles. The standard InChI is InChI=1S/C14H19NO/c15-9-11-3-8-14(11)10-1-4-12(5-2-10)16-13-6-7-13/h1-2,4-5,11,13-14H,3,6-9,15H2. The molecule has 0 heterocycles. The van der Waals surface area contributed by atoms with Crippen molar-refractivity contribution in [2.45, 2.75) is 37.7 Å². The maximum absolute atomic E-state index is 5.74. The molecule has 0 saturated heterocycles. The minimum Gasteiger partial charge on any atom is -0.490 e. The maximum atomic E-state index is 5.74. The summed E-state index contributed by atoms with van der Waals surface area (Å²) in [5, 5.41) is 0. The molecule has 86 valence electrons. The number of benzene rings is 1. The molecule has 2 unspecified atom stereocenters. The second kappa shape index (κ2) is 4.10. The Balaban J connectivity index is 1.66. The highest BCUT2D eigenvalue weighted by molar-refractivity contribution is 5.31. The summed E-state index contributed by atoms with van der Waals surface area (Å²) < 4.78 is 5.74. The largest absolute Gasteiger partial charge is 0.490 e. The van der Waals surface area contributed by atoms with Gasteiger partial charge < -0.3 is 10.5 Å². The average Bonchev–Trinajstić information content (AvgIpc) is 3.04. The van der Waals surface area contributed by atoms with E-state index in [1.807, 2.05) is 0 Å². The van der Waals surface area contributed by atoms with E-state index < -0.39 is 0 Å². The van der Waals surface area contributed by atoms with Crippen molar-refractivity contribution in [1.29, 1.82) is 0 Å². The summed E-state index contributed by atoms with van der Waals surface area (Å²) in [6.45, 7) is 0.824. The molecule has 2 N–H and O–H groups in total. The van der Waals surface area contributed by atoms with Crippen molar-refractivity contribution in [3.63, 3.8) is 0 Å². The van der Waals surface area contributed by atoms with E-state index in [0.717, 1.165) is 12.3 Å². The van der Waals surface area contributed by atoms with Crippen LogP contribution in [0.5, 0.6) is 5.75 Å². The van der Waals surface area contributed by atoms with Gasteiger partial charge in [-0.15, -0.1) is 0 Å². The molecule has 2 nitrogen and oxygen atoms in total. The van der Waals surface area contributed by atoms with Crippen LogP contribution in [-0.2, 0) is 0 Å². The molecule has 2 aliphatic carbocycles. The van der Waals surface area contributed by atoms with E-state index in [1.54, 1.807) is 0 Å². The fraction of sp³-hybridized carbons (Fsp3) is 0.571. The zero-order chi connectivity index (χ0) is 11.0. The van der Waals surface area contributed by atoms with Gasteiger partial charge in [-0.2, -0.15) is 0 Å². The van der Waals surface area contributed by atoms with Gasteiger partial charge in [0.1, 0.15) is 5.75 Å². The van der Waals surface area contributed by atoms with Crippen LogP contribution in [0.3, 0.4) is 0 Å². The Morgan fingerprint density at radius 1 is 1.06 bits per heavy atom. The molecule has 0 spiro atoms. The smallest absolute Gasteiger partial charge is 0.119 e. The van der Waals surface area contributed by atoms with Gasteiger partial charge in [0.25, 0.3) is 0 Å². The summed E-state index contributed by atoms with van der Waals surface area (Å²) in [6, 6.07) is 8.65. The molecule has 1 aromatic carbocycles. The van der Waals surface area contributed by atoms with Gasteiger partial charge in [0.05, 0.1) is 6.10 Å². The minimum atomic E-state index is 0.492. The SMILES string of the molecule is NCC1CCC1c1ccc(OC2CC2)cc1. The predicted molar refractivity (Wildman–Crippen MR) is 64.6 cm³/mol. The third-order valence-corrected chi connectivity index (χ3v) is 3.86. The highest BCUT2D eigenvalue weighted by Gasteiger charge is 2.30. The lowest BCUT2D eigenvalue weighted by atomic mass is 9.70. The predicted octanol–water partition coefficient (Wildman–Crippen LogP) is 2.68. The molecule has 3 rings (SSSR count). The first kappa shape index (κ1) is 10.2. The topological polar surface area (TPSA) is 35.2 Å². The van der Waals surface area contributed by atoms with Crippen LogP contribution in [0.1, 0.15) is 37.2 Å². The van der Waals surface area contributed by atoms with Gasteiger partial charge in [0.15, 0.2) is 0 Å². The summed E-state index contributed by atoms with van der Waals surface area (Å²) in [4.78, 5) is 0. The van der Waals surface area contributed by atoms with Gasteiger partial charge in [0, 0.05) is 0 Å². The highest BCUT2D eigenvalue weighted by atomic mass is 16.5. The van der Waals surface area contributed by atoms with Crippen molar-refractivity contribution in [2.24, 2.45) is 11.7 Å². The zero-order valence-corrected chi connectivity index (χ0v) is 9.56. The van der Waals surface area contributed by atoms with Crippen LogP contribution >= 0.6 is 0 Å². The molecular weight excluding hydrogens is 198 g/mol. The van der Waals surface area contributed by atoms with E-state index in [2.05, 4.69) is 24.3 Å². The summed E-state index contributed by atoms with van der Waals surface area (Å²) in [6.07, 6.45) is 5.53. The Morgan fingerprint density at radius 2 is 1.81 bits per heavy atom. The third kappa shape index (κ3) is 1.94. The van der Waals surface area contributed by atoms with Crippen molar-refractivity contribution >= 4 is 0 Å². The molecule has 0 amide bonds. The Bertz CT molecular complexity index is 354. The first-order valence-corrected chi connectivity index (χ1v) is 6.33. The fourth-order valence-corrected chi connectivity index (χ4v) is 2.46. The van der Waals surface area contributed by atoms with E-state index in [-0.39, 0.29) is 0 Å². The second-order valence-corrected chi connectivity index (χ2v) is 5.07. The van der Waals surface area contributed by atoms with Crippen molar-refractivity contribution < 1.29 is 4.74 Å². The van der Waals surface area contributed by atoms with Gasteiger partial charge in [0.2, 0.25) is 0 Å². The van der Waals surface area contributed by atoms with Crippen molar-refractivity contribution in [1.82, 2.24) is 0 Å². The first-order chi connectivity index (χ1) is 7.86. The molecule has 0 radical (unpaired) electrons. The summed E-state index contributed by atoms with van der Waals surface area (Å²) in [7, 11) is 0.